The van der Waals surface area contributed by atoms with Crippen LogP contribution in [0.1, 0.15) is 21.5 Å². The number of rotatable bonds is 9. The first-order valence-electron chi connectivity index (χ1n) is 10.5. The number of para-hydroxylation sites is 1. The van der Waals surface area contributed by atoms with Crippen molar-refractivity contribution in [2.45, 2.75) is 18.4 Å². The first-order valence-corrected chi connectivity index (χ1v) is 12.4. The molecular weight excluding hydrogens is 458 g/mol. The maximum absolute atomic E-state index is 13.8. The van der Waals surface area contributed by atoms with Crippen LogP contribution in [0, 0.1) is 6.92 Å². The minimum atomic E-state index is -3.96. The molecule has 0 aromatic heterocycles. The summed E-state index contributed by atoms with van der Waals surface area (Å²) in [4.78, 5) is 15.1. The highest BCUT2D eigenvalue weighted by Gasteiger charge is 2.28. The summed E-state index contributed by atoms with van der Waals surface area (Å²) in [5, 5.41) is 3.44. The topological polar surface area (TPSA) is 69.7 Å². The molecule has 3 rings (SSSR count). The summed E-state index contributed by atoms with van der Waals surface area (Å²) in [5.74, 6) is -0.326. The maximum atomic E-state index is 13.8. The van der Waals surface area contributed by atoms with Crippen molar-refractivity contribution < 1.29 is 13.2 Å². The molecule has 1 amide bonds. The van der Waals surface area contributed by atoms with Gasteiger partial charge in [0.1, 0.15) is 0 Å². The summed E-state index contributed by atoms with van der Waals surface area (Å²) in [6, 6.07) is 20.4. The fourth-order valence-corrected chi connectivity index (χ4v) is 4.86. The van der Waals surface area contributed by atoms with Gasteiger partial charge in [0.25, 0.3) is 15.9 Å². The highest BCUT2D eigenvalue weighted by Crippen LogP contribution is 2.29. The average Bonchev–Trinajstić information content (AvgIpc) is 2.78. The number of carbonyl (C=O) groups is 1. The van der Waals surface area contributed by atoms with Crippen molar-refractivity contribution in [2.75, 3.05) is 31.5 Å². The predicted octanol–water partition coefficient (Wildman–Crippen LogP) is 4.34. The molecule has 0 heterocycles. The molecule has 6 nitrogen and oxygen atoms in total. The molecule has 0 bridgehead atoms. The Labute approximate surface area is 200 Å². The lowest BCUT2D eigenvalue weighted by Gasteiger charge is -2.27. The van der Waals surface area contributed by atoms with Crippen molar-refractivity contribution >= 4 is 33.2 Å². The Morgan fingerprint density at radius 3 is 2.21 bits per heavy atom. The number of halogens is 1. The number of nitrogens with zero attached hydrogens (tertiary/aromatic N) is 2. The van der Waals surface area contributed by atoms with Crippen LogP contribution in [0.25, 0.3) is 0 Å². The fraction of sp³-hybridized carbons (Fsp3) is 0.240. The molecule has 174 valence electrons. The van der Waals surface area contributed by atoms with Gasteiger partial charge >= 0.3 is 0 Å². The minimum absolute atomic E-state index is 0.0510. The number of amides is 1. The van der Waals surface area contributed by atoms with Gasteiger partial charge in [-0.2, -0.15) is 0 Å². The number of hydrogen-bond donors (Lipinski definition) is 1. The monoisotopic (exact) mass is 485 g/mol. The highest BCUT2D eigenvalue weighted by molar-refractivity contribution is 7.92. The average molecular weight is 486 g/mol. The van der Waals surface area contributed by atoms with Crippen molar-refractivity contribution in [1.29, 1.82) is 0 Å². The van der Waals surface area contributed by atoms with Crippen LogP contribution in [0.5, 0.6) is 0 Å². The van der Waals surface area contributed by atoms with E-state index in [1.807, 2.05) is 25.9 Å². The lowest BCUT2D eigenvalue weighted by atomic mass is 10.1. The molecule has 0 unspecified atom stereocenters. The van der Waals surface area contributed by atoms with Crippen molar-refractivity contribution in [1.82, 2.24) is 10.2 Å². The zero-order valence-corrected chi connectivity index (χ0v) is 20.5. The molecule has 0 spiro atoms. The summed E-state index contributed by atoms with van der Waals surface area (Å²) in [6.45, 7) is 3.07. The van der Waals surface area contributed by atoms with Crippen molar-refractivity contribution in [3.8, 4) is 0 Å². The zero-order chi connectivity index (χ0) is 24.0. The van der Waals surface area contributed by atoms with Crippen LogP contribution in [0.2, 0.25) is 5.02 Å². The van der Waals surface area contributed by atoms with E-state index in [-0.39, 0.29) is 17.3 Å². The molecule has 0 radical (unpaired) electrons. The Kier molecular flexibility index (Phi) is 8.13. The van der Waals surface area contributed by atoms with E-state index in [4.69, 9.17) is 11.6 Å². The Morgan fingerprint density at radius 2 is 1.58 bits per heavy atom. The van der Waals surface area contributed by atoms with Crippen LogP contribution in [0.4, 0.5) is 5.69 Å². The molecule has 8 heteroatoms. The standard InChI is InChI=1S/C25H28ClN3O3S/c1-19-8-14-22(15-9-19)33(31,32)29(18-20-10-12-21(26)13-11-20)24-7-5-4-6-23(24)25(30)27-16-17-28(2)3/h4-15H,16-18H2,1-3H3,(H,27,30). The second kappa shape index (κ2) is 10.8. The molecule has 0 aliphatic rings. The normalized spacial score (nSPS) is 11.4. The zero-order valence-electron chi connectivity index (χ0n) is 19.0. The fourth-order valence-electron chi connectivity index (χ4n) is 3.26. The molecule has 3 aromatic rings. The van der Waals surface area contributed by atoms with E-state index < -0.39 is 10.0 Å². The van der Waals surface area contributed by atoms with Crippen LogP contribution in [-0.2, 0) is 16.6 Å². The van der Waals surface area contributed by atoms with E-state index in [0.717, 1.165) is 11.1 Å². The Morgan fingerprint density at radius 1 is 0.939 bits per heavy atom. The van der Waals surface area contributed by atoms with Crippen LogP contribution in [0.15, 0.2) is 77.7 Å². The first kappa shape index (κ1) is 24.8. The van der Waals surface area contributed by atoms with Gasteiger partial charge in [0.15, 0.2) is 0 Å². The third kappa shape index (κ3) is 6.35. The van der Waals surface area contributed by atoms with Gasteiger partial charge in [0.05, 0.1) is 22.7 Å². The second-order valence-corrected chi connectivity index (χ2v) is 10.3. The summed E-state index contributed by atoms with van der Waals surface area (Å²) in [5.41, 5.74) is 2.31. The van der Waals surface area contributed by atoms with Crippen LogP contribution in [-0.4, -0.2) is 46.4 Å². The summed E-state index contributed by atoms with van der Waals surface area (Å²) < 4.78 is 28.8. The van der Waals surface area contributed by atoms with E-state index >= 15 is 0 Å². The molecular formula is C25H28ClN3O3S. The van der Waals surface area contributed by atoms with E-state index in [9.17, 15) is 13.2 Å². The molecule has 0 saturated heterocycles. The Hall–Kier alpha value is -2.87. The molecule has 0 aliphatic carbocycles. The van der Waals surface area contributed by atoms with Gasteiger partial charge < -0.3 is 10.2 Å². The SMILES string of the molecule is Cc1ccc(S(=O)(=O)N(Cc2ccc(Cl)cc2)c2ccccc2C(=O)NCCN(C)C)cc1. The van der Waals surface area contributed by atoms with Gasteiger partial charge in [-0.3, -0.25) is 9.10 Å². The number of carbonyl (C=O) groups excluding carboxylic acids is 1. The molecule has 0 saturated carbocycles. The third-order valence-corrected chi connectivity index (χ3v) is 7.14. The number of anilines is 1. The van der Waals surface area contributed by atoms with Crippen molar-refractivity contribution in [2.24, 2.45) is 0 Å². The van der Waals surface area contributed by atoms with Crippen LogP contribution >= 0.6 is 11.6 Å². The molecule has 0 aliphatic heterocycles. The lowest BCUT2D eigenvalue weighted by Crippen LogP contribution is -2.35. The van der Waals surface area contributed by atoms with Crippen LogP contribution < -0.4 is 9.62 Å². The van der Waals surface area contributed by atoms with Gasteiger partial charge in [-0.15, -0.1) is 0 Å². The molecule has 33 heavy (non-hydrogen) atoms. The van der Waals surface area contributed by atoms with Gasteiger partial charge in [0, 0.05) is 18.1 Å². The van der Waals surface area contributed by atoms with E-state index in [1.165, 1.54) is 4.31 Å². The van der Waals surface area contributed by atoms with Gasteiger partial charge in [0.2, 0.25) is 0 Å². The molecule has 0 atom stereocenters. The van der Waals surface area contributed by atoms with Crippen molar-refractivity contribution in [3.05, 3.63) is 94.5 Å². The summed E-state index contributed by atoms with van der Waals surface area (Å²) >= 11 is 6.02. The summed E-state index contributed by atoms with van der Waals surface area (Å²) in [6.07, 6.45) is 0. The van der Waals surface area contributed by atoms with E-state index in [0.29, 0.717) is 29.4 Å². The van der Waals surface area contributed by atoms with Crippen LogP contribution in [0.3, 0.4) is 0 Å². The van der Waals surface area contributed by atoms with Gasteiger partial charge in [-0.25, -0.2) is 8.42 Å². The quantitative estimate of drug-likeness (QED) is 0.489. The number of likely N-dealkylation sites (N-methyl/N-ethyl adjacent to an activating group) is 1. The van der Waals surface area contributed by atoms with E-state index in [2.05, 4.69) is 5.32 Å². The Bertz CT molecular complexity index is 1190. The number of aryl methyl sites for hydroxylation is 1. The van der Waals surface area contributed by atoms with Gasteiger partial charge in [-0.05, 0) is 63.0 Å². The van der Waals surface area contributed by atoms with Crippen molar-refractivity contribution in [3.63, 3.8) is 0 Å². The number of hydrogen-bond acceptors (Lipinski definition) is 4. The number of nitrogens with one attached hydrogen (secondary N) is 1. The maximum Gasteiger partial charge on any atom is 0.264 e. The molecule has 3 aromatic carbocycles. The number of sulfonamides is 1. The lowest BCUT2D eigenvalue weighted by molar-refractivity contribution is 0.0951. The minimum Gasteiger partial charge on any atom is -0.351 e. The highest BCUT2D eigenvalue weighted by atomic mass is 35.5. The largest absolute Gasteiger partial charge is 0.351 e. The van der Waals surface area contributed by atoms with E-state index in [1.54, 1.807) is 72.8 Å². The summed E-state index contributed by atoms with van der Waals surface area (Å²) in [7, 11) is -0.120. The van der Waals surface area contributed by atoms with Gasteiger partial charge in [-0.1, -0.05) is 53.6 Å². The molecule has 1 N–H and O–H groups in total. The predicted molar refractivity (Wildman–Crippen MR) is 133 cm³/mol. The third-order valence-electron chi connectivity index (χ3n) is 5.11. The first-order chi connectivity index (χ1) is 15.7. The number of benzene rings is 3. The smallest absolute Gasteiger partial charge is 0.264 e. The molecule has 0 fully saturated rings. The second-order valence-electron chi connectivity index (χ2n) is 8.03. The Balaban J connectivity index is 2.05.